The van der Waals surface area contributed by atoms with Crippen LogP contribution in [0.4, 0.5) is 11.6 Å². The average Bonchev–Trinajstić information content (AvgIpc) is 2.75. The smallest absolute Gasteiger partial charge is 0.205 e. The van der Waals surface area contributed by atoms with Crippen molar-refractivity contribution in [2.45, 2.75) is 0 Å². The van der Waals surface area contributed by atoms with Gasteiger partial charge in [0.25, 0.3) is 0 Å². The van der Waals surface area contributed by atoms with Gasteiger partial charge < -0.3 is 10.6 Å². The summed E-state index contributed by atoms with van der Waals surface area (Å²) >= 11 is 12.1. The van der Waals surface area contributed by atoms with E-state index in [1.165, 1.54) is 0 Å². The maximum atomic E-state index is 6.10. The SMILES string of the molecule is CN(C)c1ccc(-n2c(N)nc3cc(Cl)c(Cl)cc32)cc1. The van der Waals surface area contributed by atoms with Crippen molar-refractivity contribution in [2.75, 3.05) is 24.7 Å². The van der Waals surface area contributed by atoms with Gasteiger partial charge in [-0.2, -0.15) is 0 Å². The summed E-state index contributed by atoms with van der Waals surface area (Å²) in [4.78, 5) is 6.37. The molecule has 3 aromatic rings. The van der Waals surface area contributed by atoms with E-state index in [2.05, 4.69) is 4.98 Å². The van der Waals surface area contributed by atoms with Crippen molar-refractivity contribution in [3.63, 3.8) is 0 Å². The van der Waals surface area contributed by atoms with E-state index in [9.17, 15) is 0 Å². The lowest BCUT2D eigenvalue weighted by Gasteiger charge is -2.13. The van der Waals surface area contributed by atoms with Gasteiger partial charge in [-0.15, -0.1) is 0 Å². The van der Waals surface area contributed by atoms with E-state index in [-0.39, 0.29) is 0 Å². The van der Waals surface area contributed by atoms with E-state index < -0.39 is 0 Å². The molecule has 0 aliphatic carbocycles. The van der Waals surface area contributed by atoms with E-state index in [1.54, 1.807) is 12.1 Å². The number of hydrogen-bond donors (Lipinski definition) is 1. The average molecular weight is 321 g/mol. The zero-order chi connectivity index (χ0) is 15.1. The fourth-order valence-electron chi connectivity index (χ4n) is 2.26. The number of imidazole rings is 1. The zero-order valence-electron chi connectivity index (χ0n) is 11.6. The van der Waals surface area contributed by atoms with Gasteiger partial charge in [-0.25, -0.2) is 4.98 Å². The molecule has 0 amide bonds. The molecule has 1 heterocycles. The van der Waals surface area contributed by atoms with E-state index in [0.717, 1.165) is 22.4 Å². The number of aromatic nitrogens is 2. The van der Waals surface area contributed by atoms with Crippen molar-refractivity contribution < 1.29 is 0 Å². The Hall–Kier alpha value is -1.91. The first kappa shape index (κ1) is 14.0. The van der Waals surface area contributed by atoms with E-state index in [1.807, 2.05) is 47.8 Å². The molecular weight excluding hydrogens is 307 g/mol. The van der Waals surface area contributed by atoms with Gasteiger partial charge in [0.1, 0.15) is 0 Å². The standard InChI is InChI=1S/C15H14Cl2N4/c1-20(2)9-3-5-10(6-4-9)21-14-8-12(17)11(16)7-13(14)19-15(21)18/h3-8H,1-2H3,(H2,18,19). The van der Waals surface area contributed by atoms with Crippen LogP contribution in [0, 0.1) is 0 Å². The molecule has 2 N–H and O–H groups in total. The summed E-state index contributed by atoms with van der Waals surface area (Å²) in [6, 6.07) is 11.5. The fourth-order valence-corrected chi connectivity index (χ4v) is 2.58. The molecule has 0 radical (unpaired) electrons. The third-order valence-electron chi connectivity index (χ3n) is 3.35. The summed E-state index contributed by atoms with van der Waals surface area (Å²) in [7, 11) is 4.00. The van der Waals surface area contributed by atoms with Crippen LogP contribution < -0.4 is 10.6 Å². The molecule has 3 rings (SSSR count). The van der Waals surface area contributed by atoms with Crippen molar-refractivity contribution >= 4 is 45.9 Å². The lowest BCUT2D eigenvalue weighted by molar-refractivity contribution is 1.09. The van der Waals surface area contributed by atoms with Crippen molar-refractivity contribution in [3.05, 3.63) is 46.4 Å². The van der Waals surface area contributed by atoms with Gasteiger partial charge in [0.2, 0.25) is 5.95 Å². The van der Waals surface area contributed by atoms with Crippen LogP contribution in [0.5, 0.6) is 0 Å². The quantitative estimate of drug-likeness (QED) is 0.776. The van der Waals surface area contributed by atoms with Gasteiger partial charge in [-0.1, -0.05) is 23.2 Å². The molecule has 1 aromatic heterocycles. The molecule has 0 saturated carbocycles. The molecule has 108 valence electrons. The summed E-state index contributed by atoms with van der Waals surface area (Å²) in [5.41, 5.74) is 9.64. The minimum absolute atomic E-state index is 0.404. The Bertz CT molecular complexity index is 807. The van der Waals surface area contributed by atoms with Crippen LogP contribution in [0.3, 0.4) is 0 Å². The van der Waals surface area contributed by atoms with E-state index in [4.69, 9.17) is 28.9 Å². The topological polar surface area (TPSA) is 47.1 Å². The lowest BCUT2D eigenvalue weighted by atomic mass is 10.2. The predicted molar refractivity (Wildman–Crippen MR) is 89.8 cm³/mol. The molecule has 21 heavy (non-hydrogen) atoms. The first-order valence-corrected chi connectivity index (χ1v) is 7.13. The number of nitrogen functional groups attached to an aromatic ring is 1. The molecule has 0 saturated heterocycles. The molecule has 6 heteroatoms. The number of hydrogen-bond acceptors (Lipinski definition) is 3. The summed E-state index contributed by atoms with van der Waals surface area (Å²) in [5, 5.41) is 0.951. The highest BCUT2D eigenvalue weighted by atomic mass is 35.5. The number of benzene rings is 2. The lowest BCUT2D eigenvalue weighted by Crippen LogP contribution is -2.08. The van der Waals surface area contributed by atoms with Gasteiger partial charge in [0, 0.05) is 25.5 Å². The molecule has 2 aromatic carbocycles. The molecule has 0 atom stereocenters. The first-order valence-electron chi connectivity index (χ1n) is 6.38. The van der Waals surface area contributed by atoms with Gasteiger partial charge in [-0.3, -0.25) is 4.57 Å². The molecule has 0 bridgehead atoms. The number of halogens is 2. The molecule has 0 unspecified atom stereocenters. The summed E-state index contributed by atoms with van der Waals surface area (Å²) in [5.74, 6) is 0.404. The summed E-state index contributed by atoms with van der Waals surface area (Å²) in [6.45, 7) is 0. The van der Waals surface area contributed by atoms with Gasteiger partial charge in [0.05, 0.1) is 21.1 Å². The molecule has 0 aliphatic heterocycles. The number of fused-ring (bicyclic) bond motifs is 1. The van der Waals surface area contributed by atoms with Gasteiger partial charge in [-0.05, 0) is 36.4 Å². The van der Waals surface area contributed by atoms with Gasteiger partial charge in [0.15, 0.2) is 0 Å². The molecule has 0 aliphatic rings. The third kappa shape index (κ3) is 2.41. The maximum Gasteiger partial charge on any atom is 0.205 e. The first-order chi connectivity index (χ1) is 9.97. The normalized spacial score (nSPS) is 11.0. The zero-order valence-corrected chi connectivity index (χ0v) is 13.2. The van der Waals surface area contributed by atoms with Crippen LogP contribution in [0.1, 0.15) is 0 Å². The molecule has 0 spiro atoms. The Kier molecular flexibility index (Phi) is 3.43. The number of nitrogens with two attached hydrogens (primary N) is 1. The Morgan fingerprint density at radius 1 is 1.05 bits per heavy atom. The van der Waals surface area contributed by atoms with Gasteiger partial charge >= 0.3 is 0 Å². The van der Waals surface area contributed by atoms with Crippen molar-refractivity contribution in [1.82, 2.24) is 9.55 Å². The fraction of sp³-hybridized carbons (Fsp3) is 0.133. The van der Waals surface area contributed by atoms with Crippen molar-refractivity contribution in [3.8, 4) is 5.69 Å². The Labute approximate surface area is 132 Å². The van der Waals surface area contributed by atoms with Crippen LogP contribution in [0.2, 0.25) is 10.0 Å². The second-order valence-corrected chi connectivity index (χ2v) is 5.79. The third-order valence-corrected chi connectivity index (χ3v) is 4.07. The number of nitrogens with zero attached hydrogens (tertiary/aromatic N) is 3. The van der Waals surface area contributed by atoms with Crippen LogP contribution in [-0.2, 0) is 0 Å². The van der Waals surface area contributed by atoms with Crippen LogP contribution in [0.15, 0.2) is 36.4 Å². The second kappa shape index (κ2) is 5.13. The monoisotopic (exact) mass is 320 g/mol. The van der Waals surface area contributed by atoms with Crippen LogP contribution >= 0.6 is 23.2 Å². The predicted octanol–water partition coefficient (Wildman–Crippen LogP) is 3.98. The van der Waals surface area contributed by atoms with Crippen molar-refractivity contribution in [2.24, 2.45) is 0 Å². The molecular formula is C15H14Cl2N4. The second-order valence-electron chi connectivity index (χ2n) is 4.97. The minimum Gasteiger partial charge on any atom is -0.378 e. The molecule has 0 fully saturated rings. The van der Waals surface area contributed by atoms with E-state index >= 15 is 0 Å². The Morgan fingerprint density at radius 2 is 1.67 bits per heavy atom. The minimum atomic E-state index is 0.404. The highest BCUT2D eigenvalue weighted by Crippen LogP contribution is 2.31. The highest BCUT2D eigenvalue weighted by Gasteiger charge is 2.12. The Morgan fingerprint density at radius 3 is 2.29 bits per heavy atom. The number of anilines is 2. The van der Waals surface area contributed by atoms with Crippen LogP contribution in [0.25, 0.3) is 16.7 Å². The highest BCUT2D eigenvalue weighted by molar-refractivity contribution is 6.42. The maximum absolute atomic E-state index is 6.10. The van der Waals surface area contributed by atoms with E-state index in [0.29, 0.717) is 16.0 Å². The number of rotatable bonds is 2. The van der Waals surface area contributed by atoms with Crippen LogP contribution in [-0.4, -0.2) is 23.6 Å². The summed E-state index contributed by atoms with van der Waals surface area (Å²) in [6.07, 6.45) is 0. The van der Waals surface area contributed by atoms with Crippen molar-refractivity contribution in [1.29, 1.82) is 0 Å². The molecule has 4 nitrogen and oxygen atoms in total. The largest absolute Gasteiger partial charge is 0.378 e. The Balaban J connectivity index is 2.19. The summed E-state index contributed by atoms with van der Waals surface area (Å²) < 4.78 is 1.86.